The van der Waals surface area contributed by atoms with Gasteiger partial charge in [0.15, 0.2) is 5.16 Å². The van der Waals surface area contributed by atoms with Gasteiger partial charge < -0.3 is 11.1 Å². The van der Waals surface area contributed by atoms with E-state index in [9.17, 15) is 0 Å². The van der Waals surface area contributed by atoms with Gasteiger partial charge in [0.2, 0.25) is 0 Å². The van der Waals surface area contributed by atoms with Crippen molar-refractivity contribution in [2.75, 3.05) is 17.3 Å². The molecular weight excluding hydrogens is 196 g/mol. The van der Waals surface area contributed by atoms with Crippen molar-refractivity contribution in [1.29, 1.82) is 0 Å². The first-order valence-corrected chi connectivity index (χ1v) is 5.86. The van der Waals surface area contributed by atoms with E-state index in [0.29, 0.717) is 11.9 Å². The number of hydrogen-bond donors (Lipinski definition) is 2. The zero-order valence-corrected chi connectivity index (χ0v) is 9.14. The number of hydrogen-bond acceptors (Lipinski definition) is 5. The van der Waals surface area contributed by atoms with Crippen molar-refractivity contribution >= 4 is 23.4 Å². The van der Waals surface area contributed by atoms with E-state index in [4.69, 9.17) is 5.73 Å². The Kier molecular flexibility index (Phi) is 2.50. The molecule has 1 saturated carbocycles. The maximum absolute atomic E-state index is 5.66. The molecule has 2 rings (SSSR count). The molecule has 0 aliphatic heterocycles. The molecule has 76 valence electrons. The summed E-state index contributed by atoms with van der Waals surface area (Å²) in [5.41, 5.74) is 5.66. The van der Waals surface area contributed by atoms with E-state index in [1.807, 2.05) is 6.26 Å². The number of thioether (sulfide) groups is 1. The lowest BCUT2D eigenvalue weighted by Gasteiger charge is -2.05. The van der Waals surface area contributed by atoms with Gasteiger partial charge in [-0.15, -0.1) is 0 Å². The summed E-state index contributed by atoms with van der Waals surface area (Å²) in [7, 11) is 0. The van der Waals surface area contributed by atoms with Crippen LogP contribution in [0.25, 0.3) is 0 Å². The molecule has 1 fully saturated rings. The Morgan fingerprint density at radius 2 is 2.29 bits per heavy atom. The van der Waals surface area contributed by atoms with Gasteiger partial charge >= 0.3 is 0 Å². The maximum atomic E-state index is 5.66. The monoisotopic (exact) mass is 210 g/mol. The molecule has 0 aromatic carbocycles. The Bertz CT molecular complexity index is 342. The molecular formula is C9H14N4S. The normalized spacial score (nSPS) is 24.7. The van der Waals surface area contributed by atoms with E-state index >= 15 is 0 Å². The van der Waals surface area contributed by atoms with Gasteiger partial charge in [-0.05, 0) is 18.6 Å². The number of nitrogens with one attached hydrogen (secondary N) is 1. The number of nitrogens with zero attached hydrogens (tertiary/aromatic N) is 2. The summed E-state index contributed by atoms with van der Waals surface area (Å²) in [5.74, 6) is 2.13. The largest absolute Gasteiger partial charge is 0.383 e. The van der Waals surface area contributed by atoms with Crippen LogP contribution in [0.1, 0.15) is 13.3 Å². The SMILES string of the molecule is CSc1nc(N)cc(NC2CC2C)n1. The van der Waals surface area contributed by atoms with E-state index in [1.165, 1.54) is 18.2 Å². The summed E-state index contributed by atoms with van der Waals surface area (Å²) in [5, 5.41) is 4.06. The smallest absolute Gasteiger partial charge is 0.191 e. The zero-order chi connectivity index (χ0) is 10.1. The first kappa shape index (κ1) is 9.58. The minimum absolute atomic E-state index is 0.528. The Hall–Kier alpha value is -0.970. The summed E-state index contributed by atoms with van der Waals surface area (Å²) in [4.78, 5) is 8.42. The molecule has 5 heteroatoms. The Labute approximate surface area is 87.7 Å². The van der Waals surface area contributed by atoms with Gasteiger partial charge in [0, 0.05) is 12.1 Å². The number of rotatable bonds is 3. The van der Waals surface area contributed by atoms with Crippen molar-refractivity contribution in [3.63, 3.8) is 0 Å². The van der Waals surface area contributed by atoms with Gasteiger partial charge in [-0.1, -0.05) is 18.7 Å². The summed E-state index contributed by atoms with van der Waals surface area (Å²) < 4.78 is 0. The fourth-order valence-corrected chi connectivity index (χ4v) is 1.71. The third kappa shape index (κ3) is 2.09. The average molecular weight is 210 g/mol. The molecule has 2 atom stereocenters. The number of aromatic nitrogens is 2. The lowest BCUT2D eigenvalue weighted by Crippen LogP contribution is -2.07. The third-order valence-electron chi connectivity index (χ3n) is 2.35. The van der Waals surface area contributed by atoms with Crippen molar-refractivity contribution in [1.82, 2.24) is 9.97 Å². The van der Waals surface area contributed by atoms with Crippen molar-refractivity contribution in [2.45, 2.75) is 24.5 Å². The van der Waals surface area contributed by atoms with Crippen molar-refractivity contribution in [2.24, 2.45) is 5.92 Å². The molecule has 1 heterocycles. The van der Waals surface area contributed by atoms with E-state index in [-0.39, 0.29) is 0 Å². The van der Waals surface area contributed by atoms with Crippen LogP contribution < -0.4 is 11.1 Å². The fourth-order valence-electron chi connectivity index (χ4n) is 1.32. The van der Waals surface area contributed by atoms with Crippen LogP contribution >= 0.6 is 11.8 Å². The van der Waals surface area contributed by atoms with Crippen LogP contribution in [0.15, 0.2) is 11.2 Å². The summed E-state index contributed by atoms with van der Waals surface area (Å²) in [6.45, 7) is 2.22. The molecule has 0 spiro atoms. The summed E-state index contributed by atoms with van der Waals surface area (Å²) in [6.07, 6.45) is 3.16. The molecule has 0 saturated heterocycles. The number of nitrogens with two attached hydrogens (primary N) is 1. The lowest BCUT2D eigenvalue weighted by molar-refractivity contribution is 0.906. The van der Waals surface area contributed by atoms with Crippen LogP contribution in [0.5, 0.6) is 0 Å². The van der Waals surface area contributed by atoms with E-state index < -0.39 is 0 Å². The molecule has 0 amide bonds. The second kappa shape index (κ2) is 3.65. The van der Waals surface area contributed by atoms with Gasteiger partial charge in [0.25, 0.3) is 0 Å². The number of anilines is 2. The third-order valence-corrected chi connectivity index (χ3v) is 2.90. The lowest BCUT2D eigenvalue weighted by atomic mass is 10.4. The van der Waals surface area contributed by atoms with Gasteiger partial charge in [0.05, 0.1) is 0 Å². The second-order valence-electron chi connectivity index (χ2n) is 3.63. The molecule has 1 aliphatic carbocycles. The van der Waals surface area contributed by atoms with Gasteiger partial charge in [-0.25, -0.2) is 9.97 Å². The molecule has 1 aromatic heterocycles. The molecule has 0 bridgehead atoms. The van der Waals surface area contributed by atoms with Crippen LogP contribution in [-0.4, -0.2) is 22.3 Å². The number of nitrogen functional groups attached to an aromatic ring is 1. The molecule has 14 heavy (non-hydrogen) atoms. The standard InChI is InChI=1S/C9H14N4S/c1-5-3-6(5)11-8-4-7(10)12-9(13-8)14-2/h4-6H,3H2,1-2H3,(H3,10,11,12,13). The highest BCUT2D eigenvalue weighted by Crippen LogP contribution is 2.32. The molecule has 2 unspecified atom stereocenters. The Morgan fingerprint density at radius 3 is 2.86 bits per heavy atom. The van der Waals surface area contributed by atoms with Crippen molar-refractivity contribution in [3.8, 4) is 0 Å². The highest BCUT2D eigenvalue weighted by Gasteiger charge is 2.32. The predicted molar refractivity (Wildman–Crippen MR) is 59.4 cm³/mol. The first-order valence-electron chi connectivity index (χ1n) is 4.64. The molecule has 1 aliphatic rings. The van der Waals surface area contributed by atoms with E-state index in [2.05, 4.69) is 22.2 Å². The highest BCUT2D eigenvalue weighted by molar-refractivity contribution is 7.98. The van der Waals surface area contributed by atoms with Crippen LogP contribution in [0.4, 0.5) is 11.6 Å². The average Bonchev–Trinajstić information content (AvgIpc) is 2.80. The van der Waals surface area contributed by atoms with Crippen LogP contribution in [0, 0.1) is 5.92 Å². The quantitative estimate of drug-likeness (QED) is 0.586. The summed E-state index contributed by atoms with van der Waals surface area (Å²) >= 11 is 1.50. The predicted octanol–water partition coefficient (Wildman–Crippen LogP) is 1.60. The van der Waals surface area contributed by atoms with Crippen molar-refractivity contribution in [3.05, 3.63) is 6.07 Å². The molecule has 3 N–H and O–H groups in total. The van der Waals surface area contributed by atoms with Crippen LogP contribution in [0.2, 0.25) is 0 Å². The molecule has 4 nitrogen and oxygen atoms in total. The summed E-state index contributed by atoms with van der Waals surface area (Å²) in [6, 6.07) is 2.35. The zero-order valence-electron chi connectivity index (χ0n) is 8.32. The van der Waals surface area contributed by atoms with Gasteiger partial charge in [-0.2, -0.15) is 0 Å². The first-order chi connectivity index (χ1) is 6.69. The Morgan fingerprint density at radius 1 is 1.57 bits per heavy atom. The van der Waals surface area contributed by atoms with Gasteiger partial charge in [-0.3, -0.25) is 0 Å². The fraction of sp³-hybridized carbons (Fsp3) is 0.556. The van der Waals surface area contributed by atoms with E-state index in [1.54, 1.807) is 6.07 Å². The van der Waals surface area contributed by atoms with Crippen LogP contribution in [0.3, 0.4) is 0 Å². The van der Waals surface area contributed by atoms with Crippen molar-refractivity contribution < 1.29 is 0 Å². The van der Waals surface area contributed by atoms with E-state index in [0.717, 1.165) is 16.9 Å². The topological polar surface area (TPSA) is 63.8 Å². The highest BCUT2D eigenvalue weighted by atomic mass is 32.2. The molecule has 0 radical (unpaired) electrons. The molecule has 1 aromatic rings. The second-order valence-corrected chi connectivity index (χ2v) is 4.40. The van der Waals surface area contributed by atoms with Crippen LogP contribution in [-0.2, 0) is 0 Å². The van der Waals surface area contributed by atoms with Gasteiger partial charge in [0.1, 0.15) is 11.6 Å². The minimum Gasteiger partial charge on any atom is -0.383 e. The minimum atomic E-state index is 0.528. The Balaban J connectivity index is 2.12. The maximum Gasteiger partial charge on any atom is 0.191 e.